The van der Waals surface area contributed by atoms with Crippen LogP contribution in [-0.4, -0.2) is 15.1 Å². The first-order chi connectivity index (χ1) is 8.66. The predicted molar refractivity (Wildman–Crippen MR) is 69.5 cm³/mol. The van der Waals surface area contributed by atoms with Crippen LogP contribution in [0.5, 0.6) is 0 Å². The first-order valence-electron chi connectivity index (χ1n) is 5.50. The van der Waals surface area contributed by atoms with E-state index < -0.39 is 0 Å². The lowest BCUT2D eigenvalue weighted by molar-refractivity contribution is 0.458. The minimum absolute atomic E-state index is 0.280. The summed E-state index contributed by atoms with van der Waals surface area (Å²) in [5, 5.41) is 4.32. The molecule has 0 aliphatic heterocycles. The zero-order valence-corrected chi connectivity index (χ0v) is 10.7. The molecule has 0 saturated carbocycles. The molecule has 1 aromatic carbocycles. The predicted octanol–water partition coefficient (Wildman–Crippen LogP) is 3.56. The third kappa shape index (κ3) is 1.66. The van der Waals surface area contributed by atoms with Crippen LogP contribution in [0.3, 0.4) is 0 Å². The molecule has 0 aliphatic rings. The molecule has 0 unspecified atom stereocenters. The Bertz CT molecular complexity index is 736. The fourth-order valence-corrected chi connectivity index (χ4v) is 1.98. The van der Waals surface area contributed by atoms with E-state index in [0.29, 0.717) is 16.8 Å². The molecule has 18 heavy (non-hydrogen) atoms. The van der Waals surface area contributed by atoms with Crippen molar-refractivity contribution in [1.82, 2.24) is 15.1 Å². The summed E-state index contributed by atoms with van der Waals surface area (Å²) < 4.78 is 5.20. The second-order valence-corrected chi connectivity index (χ2v) is 4.53. The van der Waals surface area contributed by atoms with Gasteiger partial charge in [-0.15, -0.1) is 0 Å². The first kappa shape index (κ1) is 11.2. The number of hydrogen-bond donors (Lipinski definition) is 0. The Balaban J connectivity index is 2.25. The number of benzene rings is 1. The Kier molecular flexibility index (Phi) is 2.52. The van der Waals surface area contributed by atoms with Crippen LogP contribution in [0, 0.1) is 13.8 Å². The second kappa shape index (κ2) is 4.07. The molecule has 0 N–H and O–H groups in total. The molecule has 0 aliphatic carbocycles. The van der Waals surface area contributed by atoms with E-state index in [2.05, 4.69) is 35.0 Å². The van der Waals surface area contributed by atoms with E-state index in [4.69, 9.17) is 16.1 Å². The Labute approximate surface area is 109 Å². The first-order valence-corrected chi connectivity index (χ1v) is 5.88. The Hall–Kier alpha value is -1.94. The number of nitrogens with zero attached hydrogens (tertiary/aromatic N) is 3. The van der Waals surface area contributed by atoms with Crippen molar-refractivity contribution in [2.24, 2.45) is 0 Å². The third-order valence-electron chi connectivity index (χ3n) is 2.99. The third-order valence-corrected chi connectivity index (χ3v) is 3.26. The van der Waals surface area contributed by atoms with Gasteiger partial charge in [0.25, 0.3) is 0 Å². The fraction of sp³-hybridized carbons (Fsp3) is 0.154. The Morgan fingerprint density at radius 1 is 1.11 bits per heavy atom. The lowest BCUT2D eigenvalue weighted by atomic mass is 10.0. The summed E-state index contributed by atoms with van der Waals surface area (Å²) in [6.45, 7) is 4.13. The molecule has 3 rings (SSSR count). The van der Waals surface area contributed by atoms with Crippen molar-refractivity contribution in [3.05, 3.63) is 40.8 Å². The van der Waals surface area contributed by atoms with Gasteiger partial charge >= 0.3 is 0 Å². The topological polar surface area (TPSA) is 51.8 Å². The van der Waals surface area contributed by atoms with Gasteiger partial charge in [0.15, 0.2) is 5.15 Å². The van der Waals surface area contributed by atoms with Gasteiger partial charge < -0.3 is 4.52 Å². The molecular formula is C13H10ClN3O. The number of hydrogen-bond acceptors (Lipinski definition) is 4. The summed E-state index contributed by atoms with van der Waals surface area (Å²) in [5.41, 5.74) is 5.15. The summed E-state index contributed by atoms with van der Waals surface area (Å²) in [6, 6.07) is 6.10. The van der Waals surface area contributed by atoms with E-state index >= 15 is 0 Å². The van der Waals surface area contributed by atoms with E-state index in [1.807, 2.05) is 12.1 Å². The van der Waals surface area contributed by atoms with Crippen molar-refractivity contribution < 1.29 is 4.52 Å². The molecule has 4 nitrogen and oxygen atoms in total. The fourth-order valence-electron chi connectivity index (χ4n) is 1.81. The maximum atomic E-state index is 5.93. The minimum Gasteiger partial charge on any atom is -0.351 e. The normalized spacial score (nSPS) is 11.1. The van der Waals surface area contributed by atoms with Crippen molar-refractivity contribution in [1.29, 1.82) is 0 Å². The Morgan fingerprint density at radius 2 is 1.94 bits per heavy atom. The summed E-state index contributed by atoms with van der Waals surface area (Å²) in [6.07, 6.45) is 1.41. The van der Waals surface area contributed by atoms with Crippen molar-refractivity contribution in [3.63, 3.8) is 0 Å². The van der Waals surface area contributed by atoms with Gasteiger partial charge in [-0.1, -0.05) is 28.9 Å². The van der Waals surface area contributed by atoms with Crippen molar-refractivity contribution in [2.75, 3.05) is 0 Å². The summed E-state index contributed by atoms with van der Waals surface area (Å²) >= 11 is 5.93. The van der Waals surface area contributed by atoms with Crippen LogP contribution in [0.15, 0.2) is 29.0 Å². The van der Waals surface area contributed by atoms with E-state index in [1.54, 1.807) is 0 Å². The summed E-state index contributed by atoms with van der Waals surface area (Å²) in [4.78, 5) is 8.05. The number of rotatable bonds is 1. The Morgan fingerprint density at radius 3 is 2.72 bits per heavy atom. The van der Waals surface area contributed by atoms with Crippen LogP contribution < -0.4 is 0 Å². The van der Waals surface area contributed by atoms with Crippen molar-refractivity contribution in [2.45, 2.75) is 13.8 Å². The van der Waals surface area contributed by atoms with E-state index in [-0.39, 0.29) is 5.15 Å². The van der Waals surface area contributed by atoms with E-state index in [0.717, 1.165) is 5.56 Å². The molecule has 0 fully saturated rings. The number of aryl methyl sites for hydroxylation is 2. The monoisotopic (exact) mass is 259 g/mol. The average molecular weight is 260 g/mol. The summed E-state index contributed by atoms with van der Waals surface area (Å²) in [7, 11) is 0. The van der Waals surface area contributed by atoms with E-state index in [1.165, 1.54) is 17.5 Å². The highest BCUT2D eigenvalue weighted by Crippen LogP contribution is 2.29. The molecular weight excluding hydrogens is 250 g/mol. The van der Waals surface area contributed by atoms with Crippen molar-refractivity contribution >= 4 is 22.7 Å². The molecule has 5 heteroatoms. The lowest BCUT2D eigenvalue weighted by Crippen LogP contribution is -1.86. The van der Waals surface area contributed by atoms with Crippen molar-refractivity contribution in [3.8, 4) is 11.3 Å². The molecule has 0 saturated heterocycles. The van der Waals surface area contributed by atoms with Gasteiger partial charge in [0.05, 0.1) is 0 Å². The number of aromatic nitrogens is 3. The van der Waals surface area contributed by atoms with Gasteiger partial charge in [0.1, 0.15) is 17.5 Å². The highest BCUT2D eigenvalue weighted by molar-refractivity contribution is 6.33. The molecule has 2 heterocycles. The standard InChI is InChI=1S/C13H10ClN3O/c1-7-3-4-9(5-8(7)2)10-11-12(18-17-10)13(14)16-6-15-11/h3-6H,1-2H3. The highest BCUT2D eigenvalue weighted by atomic mass is 35.5. The van der Waals surface area contributed by atoms with Gasteiger partial charge in [0, 0.05) is 5.56 Å². The van der Waals surface area contributed by atoms with Crippen LogP contribution in [-0.2, 0) is 0 Å². The van der Waals surface area contributed by atoms with Crippen LogP contribution in [0.25, 0.3) is 22.4 Å². The molecule has 0 spiro atoms. The second-order valence-electron chi connectivity index (χ2n) is 4.17. The SMILES string of the molecule is Cc1ccc(-c2noc3c(Cl)ncnc23)cc1C. The zero-order chi connectivity index (χ0) is 12.7. The average Bonchev–Trinajstić information content (AvgIpc) is 2.78. The lowest BCUT2D eigenvalue weighted by Gasteiger charge is -2.02. The maximum Gasteiger partial charge on any atom is 0.223 e. The van der Waals surface area contributed by atoms with Crippen LogP contribution >= 0.6 is 11.6 Å². The molecule has 0 radical (unpaired) electrons. The van der Waals surface area contributed by atoms with Crippen LogP contribution in [0.4, 0.5) is 0 Å². The van der Waals surface area contributed by atoms with Gasteiger partial charge in [-0.25, -0.2) is 9.97 Å². The summed E-state index contributed by atoms with van der Waals surface area (Å²) in [5.74, 6) is 0. The van der Waals surface area contributed by atoms with Crippen LogP contribution in [0.2, 0.25) is 5.15 Å². The van der Waals surface area contributed by atoms with E-state index in [9.17, 15) is 0 Å². The largest absolute Gasteiger partial charge is 0.351 e. The van der Waals surface area contributed by atoms with Gasteiger partial charge in [-0.2, -0.15) is 0 Å². The zero-order valence-electron chi connectivity index (χ0n) is 9.94. The molecule has 2 aromatic heterocycles. The molecule has 0 bridgehead atoms. The molecule has 0 amide bonds. The smallest absolute Gasteiger partial charge is 0.223 e. The number of halogens is 1. The van der Waals surface area contributed by atoms with Gasteiger partial charge in [0.2, 0.25) is 5.58 Å². The van der Waals surface area contributed by atoms with Crippen LogP contribution in [0.1, 0.15) is 11.1 Å². The maximum absolute atomic E-state index is 5.93. The molecule has 3 aromatic rings. The number of fused-ring (bicyclic) bond motifs is 1. The quantitative estimate of drug-likeness (QED) is 0.627. The molecule has 0 atom stereocenters. The minimum atomic E-state index is 0.280. The van der Waals surface area contributed by atoms with Gasteiger partial charge in [-0.05, 0) is 31.0 Å². The van der Waals surface area contributed by atoms with Gasteiger partial charge in [-0.3, -0.25) is 0 Å². The highest BCUT2D eigenvalue weighted by Gasteiger charge is 2.15. The molecule has 90 valence electrons.